The smallest absolute Gasteiger partial charge is 0.230 e. The first-order chi connectivity index (χ1) is 11.6. The van der Waals surface area contributed by atoms with E-state index in [0.29, 0.717) is 24.7 Å². The van der Waals surface area contributed by atoms with Gasteiger partial charge in [-0.3, -0.25) is 4.79 Å². The van der Waals surface area contributed by atoms with E-state index in [2.05, 4.69) is 0 Å². The van der Waals surface area contributed by atoms with Crippen molar-refractivity contribution >= 4 is 24.0 Å². The van der Waals surface area contributed by atoms with Gasteiger partial charge in [-0.05, 0) is 31.4 Å². The number of carbonyl (C=O) groups is 1. The van der Waals surface area contributed by atoms with Gasteiger partial charge < -0.3 is 24.8 Å². The zero-order valence-corrected chi connectivity index (χ0v) is 16.0. The van der Waals surface area contributed by atoms with Gasteiger partial charge in [-0.2, -0.15) is 0 Å². The molecule has 2 rings (SSSR count). The van der Waals surface area contributed by atoms with Crippen LogP contribution in [0.4, 0.5) is 5.69 Å². The van der Waals surface area contributed by atoms with E-state index >= 15 is 0 Å². The molecule has 1 amide bonds. The second-order valence-electron chi connectivity index (χ2n) is 6.15. The third kappa shape index (κ3) is 5.49. The van der Waals surface area contributed by atoms with Gasteiger partial charge in [0.15, 0.2) is 11.5 Å². The molecule has 1 aromatic rings. The van der Waals surface area contributed by atoms with E-state index in [0.717, 1.165) is 31.4 Å². The molecule has 25 heavy (non-hydrogen) atoms. The Bertz CT molecular complexity index is 556. The number of nitrogens with two attached hydrogens (primary N) is 1. The fourth-order valence-corrected chi connectivity index (χ4v) is 3.21. The van der Waals surface area contributed by atoms with E-state index in [-0.39, 0.29) is 30.3 Å². The third-order valence-corrected chi connectivity index (χ3v) is 4.53. The van der Waals surface area contributed by atoms with E-state index in [1.54, 1.807) is 26.2 Å². The number of hydrogen-bond acceptors (Lipinski definition) is 5. The lowest BCUT2D eigenvalue weighted by Crippen LogP contribution is -2.42. The fourth-order valence-electron chi connectivity index (χ4n) is 3.21. The summed E-state index contributed by atoms with van der Waals surface area (Å²) in [6.07, 6.45) is 3.64. The summed E-state index contributed by atoms with van der Waals surface area (Å²) in [4.78, 5) is 14.8. The van der Waals surface area contributed by atoms with E-state index in [1.165, 1.54) is 0 Å². The van der Waals surface area contributed by atoms with Gasteiger partial charge in [-0.25, -0.2) is 0 Å². The zero-order valence-electron chi connectivity index (χ0n) is 15.2. The molecule has 1 aliphatic rings. The van der Waals surface area contributed by atoms with Gasteiger partial charge in [0.2, 0.25) is 5.91 Å². The number of halogens is 1. The van der Waals surface area contributed by atoms with Crippen molar-refractivity contribution < 1.29 is 19.0 Å². The molecule has 0 saturated heterocycles. The van der Waals surface area contributed by atoms with Crippen LogP contribution in [0.15, 0.2) is 18.2 Å². The second kappa shape index (κ2) is 10.5. The number of amides is 1. The maximum absolute atomic E-state index is 13.0. The van der Waals surface area contributed by atoms with Crippen molar-refractivity contribution in [2.75, 3.05) is 39.4 Å². The van der Waals surface area contributed by atoms with Crippen LogP contribution < -0.4 is 20.1 Å². The summed E-state index contributed by atoms with van der Waals surface area (Å²) < 4.78 is 15.8. The zero-order chi connectivity index (χ0) is 17.5. The molecule has 2 atom stereocenters. The Labute approximate surface area is 156 Å². The van der Waals surface area contributed by atoms with Crippen molar-refractivity contribution in [3.05, 3.63) is 18.2 Å². The molecule has 1 aromatic carbocycles. The van der Waals surface area contributed by atoms with E-state index in [9.17, 15) is 4.79 Å². The second-order valence-corrected chi connectivity index (χ2v) is 6.15. The van der Waals surface area contributed by atoms with Crippen molar-refractivity contribution in [1.29, 1.82) is 0 Å². The predicted octanol–water partition coefficient (Wildman–Crippen LogP) is 2.62. The number of methoxy groups -OCH3 is 3. The van der Waals surface area contributed by atoms with Gasteiger partial charge in [0.05, 0.1) is 20.8 Å². The lowest BCUT2D eigenvalue weighted by molar-refractivity contribution is -0.123. The first kappa shape index (κ1) is 21.5. The van der Waals surface area contributed by atoms with Crippen LogP contribution in [-0.2, 0) is 9.53 Å². The monoisotopic (exact) mass is 372 g/mol. The normalized spacial score (nSPS) is 19.7. The van der Waals surface area contributed by atoms with Crippen LogP contribution in [0.2, 0.25) is 0 Å². The number of nitrogens with zero attached hydrogens (tertiary/aromatic N) is 1. The first-order valence-electron chi connectivity index (χ1n) is 8.38. The standard InChI is InChI=1S/C18H28N2O4.ClH/c1-22-10-9-20(18(21)13-5-4-6-14(19)11-13)15-7-8-16(23-2)17(12-15)24-3;/h7-8,12-14H,4-6,9-11,19H2,1-3H3;1H. The number of carbonyl (C=O) groups excluding carboxylic acids is 1. The molecule has 6 nitrogen and oxygen atoms in total. The molecule has 0 radical (unpaired) electrons. The minimum absolute atomic E-state index is 0. The fraction of sp³-hybridized carbons (Fsp3) is 0.611. The van der Waals surface area contributed by atoms with Crippen molar-refractivity contribution in [2.45, 2.75) is 31.7 Å². The summed E-state index contributed by atoms with van der Waals surface area (Å²) in [6, 6.07) is 5.63. The summed E-state index contributed by atoms with van der Waals surface area (Å²) in [5.74, 6) is 1.32. The van der Waals surface area contributed by atoms with Gasteiger partial charge >= 0.3 is 0 Å². The first-order valence-corrected chi connectivity index (χ1v) is 8.38. The van der Waals surface area contributed by atoms with Crippen LogP contribution >= 0.6 is 12.4 Å². The van der Waals surface area contributed by atoms with Gasteiger partial charge in [0, 0.05) is 37.4 Å². The number of rotatable bonds is 7. The molecule has 0 bridgehead atoms. The van der Waals surface area contributed by atoms with Crippen LogP contribution in [0.1, 0.15) is 25.7 Å². The van der Waals surface area contributed by atoms with Crippen molar-refractivity contribution in [1.82, 2.24) is 0 Å². The van der Waals surface area contributed by atoms with Crippen molar-refractivity contribution in [2.24, 2.45) is 11.7 Å². The van der Waals surface area contributed by atoms with Gasteiger partial charge in [-0.15, -0.1) is 12.4 Å². The van der Waals surface area contributed by atoms with Crippen LogP contribution in [0.5, 0.6) is 11.5 Å². The number of hydrogen-bond donors (Lipinski definition) is 1. The number of ether oxygens (including phenoxy) is 3. The molecule has 7 heteroatoms. The highest BCUT2D eigenvalue weighted by Gasteiger charge is 2.30. The Balaban J connectivity index is 0.00000312. The lowest BCUT2D eigenvalue weighted by atomic mass is 9.85. The number of benzene rings is 1. The topological polar surface area (TPSA) is 74.0 Å². The molecule has 1 saturated carbocycles. The van der Waals surface area contributed by atoms with Crippen molar-refractivity contribution in [3.63, 3.8) is 0 Å². The summed E-state index contributed by atoms with van der Waals surface area (Å²) in [6.45, 7) is 0.968. The summed E-state index contributed by atoms with van der Waals surface area (Å²) in [5.41, 5.74) is 6.84. The van der Waals surface area contributed by atoms with Gasteiger partial charge in [0.25, 0.3) is 0 Å². The molecule has 0 heterocycles. The Morgan fingerprint density at radius 2 is 1.92 bits per heavy atom. The highest BCUT2D eigenvalue weighted by atomic mass is 35.5. The van der Waals surface area contributed by atoms with E-state index in [1.807, 2.05) is 18.2 Å². The molecule has 1 aliphatic carbocycles. The van der Waals surface area contributed by atoms with Crippen LogP contribution in [0, 0.1) is 5.92 Å². The Kier molecular flexibility index (Phi) is 9.03. The molecule has 142 valence electrons. The highest BCUT2D eigenvalue weighted by Crippen LogP contribution is 2.33. The quantitative estimate of drug-likeness (QED) is 0.796. The molecule has 0 aromatic heterocycles. The maximum atomic E-state index is 13.0. The van der Waals surface area contributed by atoms with Crippen LogP contribution in [-0.4, -0.2) is 46.4 Å². The van der Waals surface area contributed by atoms with Gasteiger partial charge in [0.1, 0.15) is 0 Å². The molecule has 1 fully saturated rings. The lowest BCUT2D eigenvalue weighted by Gasteiger charge is -2.31. The predicted molar refractivity (Wildman–Crippen MR) is 101 cm³/mol. The SMILES string of the molecule is COCCN(C(=O)C1CCCC(N)C1)c1ccc(OC)c(OC)c1.Cl. The largest absolute Gasteiger partial charge is 0.493 e. The molecule has 2 N–H and O–H groups in total. The number of anilines is 1. The van der Waals surface area contributed by atoms with Crippen LogP contribution in [0.3, 0.4) is 0 Å². The average Bonchev–Trinajstić information content (AvgIpc) is 2.61. The molecular formula is C18H29ClN2O4. The third-order valence-electron chi connectivity index (χ3n) is 4.53. The summed E-state index contributed by atoms with van der Waals surface area (Å²) in [7, 11) is 4.81. The van der Waals surface area contributed by atoms with Crippen molar-refractivity contribution in [3.8, 4) is 11.5 Å². The molecule has 0 spiro atoms. The van der Waals surface area contributed by atoms with E-state index in [4.69, 9.17) is 19.9 Å². The molecule has 2 unspecified atom stereocenters. The Hall–Kier alpha value is -1.50. The van der Waals surface area contributed by atoms with Gasteiger partial charge in [-0.1, -0.05) is 6.42 Å². The summed E-state index contributed by atoms with van der Waals surface area (Å²) >= 11 is 0. The van der Waals surface area contributed by atoms with E-state index < -0.39 is 0 Å². The minimum atomic E-state index is -0.0290. The average molecular weight is 373 g/mol. The Morgan fingerprint density at radius 3 is 2.52 bits per heavy atom. The molecular weight excluding hydrogens is 344 g/mol. The maximum Gasteiger partial charge on any atom is 0.230 e. The molecule has 0 aliphatic heterocycles. The Morgan fingerprint density at radius 1 is 1.20 bits per heavy atom. The minimum Gasteiger partial charge on any atom is -0.493 e. The highest BCUT2D eigenvalue weighted by molar-refractivity contribution is 5.95. The summed E-state index contributed by atoms with van der Waals surface area (Å²) in [5, 5.41) is 0. The van der Waals surface area contributed by atoms with Crippen LogP contribution in [0.25, 0.3) is 0 Å².